The average molecular weight is 590 g/mol. The van der Waals surface area contributed by atoms with Crippen LogP contribution in [-0.2, 0) is 14.1 Å². The van der Waals surface area contributed by atoms with Crippen LogP contribution in [0.5, 0.6) is 0 Å². The molecular weight excluding hydrogens is 559 g/mol. The predicted octanol–water partition coefficient (Wildman–Crippen LogP) is 6.99. The Morgan fingerprint density at radius 3 is 1.21 bits per heavy atom. The van der Waals surface area contributed by atoms with E-state index in [1.807, 2.05) is 47.1 Å². The van der Waals surface area contributed by atoms with Crippen molar-refractivity contribution in [2.45, 2.75) is 0 Å². The predicted molar refractivity (Wildman–Crippen MR) is 172 cm³/mol. The van der Waals surface area contributed by atoms with Gasteiger partial charge >= 0.3 is 0 Å². The SMILES string of the molecule is CN1C=CC(=C2C=C(c3cc[n+](C)cc3)c3c(Cl)c4c(c(Cl)c32)C(=C2C=CN(C)C=C2)C=C4c2cc[n+](C)cc2)C=C1. The molecule has 0 N–H and O–H groups in total. The maximum atomic E-state index is 7.59. The summed E-state index contributed by atoms with van der Waals surface area (Å²) >= 11 is 15.2. The van der Waals surface area contributed by atoms with Gasteiger partial charge in [0.2, 0.25) is 0 Å². The summed E-state index contributed by atoms with van der Waals surface area (Å²) in [5.41, 5.74) is 12.6. The highest BCUT2D eigenvalue weighted by Gasteiger charge is 2.36. The Morgan fingerprint density at radius 1 is 0.524 bits per heavy atom. The first kappa shape index (κ1) is 26.5. The molecule has 0 saturated carbocycles. The highest BCUT2D eigenvalue weighted by Crippen LogP contribution is 2.56. The molecule has 42 heavy (non-hydrogen) atoms. The fourth-order valence-corrected chi connectivity index (χ4v) is 6.70. The number of benzene rings is 1. The number of aromatic nitrogens is 2. The number of rotatable bonds is 2. The molecule has 4 nitrogen and oxygen atoms in total. The Labute approximate surface area is 256 Å². The summed E-state index contributed by atoms with van der Waals surface area (Å²) in [7, 11) is 8.10. The average Bonchev–Trinajstić information content (AvgIpc) is 3.59. The van der Waals surface area contributed by atoms with Crippen molar-refractivity contribution in [3.05, 3.63) is 165 Å². The van der Waals surface area contributed by atoms with Crippen LogP contribution in [0.2, 0.25) is 10.0 Å². The van der Waals surface area contributed by atoms with Crippen LogP contribution in [0.1, 0.15) is 33.4 Å². The van der Waals surface area contributed by atoms with Crippen molar-refractivity contribution in [1.82, 2.24) is 9.80 Å². The zero-order valence-electron chi connectivity index (χ0n) is 23.9. The van der Waals surface area contributed by atoms with Crippen molar-refractivity contribution in [1.29, 1.82) is 0 Å². The molecule has 0 radical (unpaired) electrons. The van der Waals surface area contributed by atoms with Crippen LogP contribution in [0, 0.1) is 0 Å². The van der Waals surface area contributed by atoms with Gasteiger partial charge in [-0.3, -0.25) is 0 Å². The molecule has 0 bridgehead atoms. The fourth-order valence-electron chi connectivity index (χ4n) is 5.91. The number of hydrogen-bond acceptors (Lipinski definition) is 2. The highest BCUT2D eigenvalue weighted by molar-refractivity contribution is 6.42. The van der Waals surface area contributed by atoms with E-state index in [0.717, 1.165) is 76.9 Å². The van der Waals surface area contributed by atoms with Crippen molar-refractivity contribution in [2.24, 2.45) is 14.1 Å². The second-order valence-corrected chi connectivity index (χ2v) is 11.8. The monoisotopic (exact) mass is 588 g/mol. The Morgan fingerprint density at radius 2 is 0.857 bits per heavy atom. The van der Waals surface area contributed by atoms with Crippen LogP contribution >= 0.6 is 23.2 Å². The molecule has 4 heterocycles. The lowest BCUT2D eigenvalue weighted by molar-refractivity contribution is -0.671. The fraction of sp³-hybridized carbons (Fsp3) is 0.111. The first-order valence-electron chi connectivity index (χ1n) is 13.9. The van der Waals surface area contributed by atoms with Gasteiger partial charge in [-0.05, 0) is 81.0 Å². The normalized spacial score (nSPS) is 16.9. The third-order valence-corrected chi connectivity index (χ3v) is 8.95. The van der Waals surface area contributed by atoms with Crippen molar-refractivity contribution in [2.75, 3.05) is 14.1 Å². The Bertz CT molecular complexity index is 1750. The van der Waals surface area contributed by atoms with E-state index in [1.54, 1.807) is 0 Å². The molecule has 2 aliphatic heterocycles. The van der Waals surface area contributed by atoms with Crippen molar-refractivity contribution >= 4 is 45.5 Å². The highest BCUT2D eigenvalue weighted by atomic mass is 35.5. The van der Waals surface area contributed by atoms with Gasteiger partial charge in [-0.15, -0.1) is 0 Å². The number of hydrogen-bond donors (Lipinski definition) is 0. The Hall–Kier alpha value is -4.38. The third-order valence-electron chi connectivity index (χ3n) is 8.19. The molecule has 0 amide bonds. The molecule has 4 aliphatic rings. The second kappa shape index (κ2) is 10.2. The number of fused-ring (bicyclic) bond motifs is 2. The van der Waals surface area contributed by atoms with Crippen molar-refractivity contribution in [3.8, 4) is 0 Å². The first-order chi connectivity index (χ1) is 20.3. The molecule has 2 aliphatic carbocycles. The van der Waals surface area contributed by atoms with E-state index in [2.05, 4.69) is 110 Å². The smallest absolute Gasteiger partial charge is 0.169 e. The standard InChI is InChI=1S/C36H30Cl2N4/c1-39-13-5-23(6-14-39)27-21-28(24-7-15-40(2)16-8-24)32-31(27)35(37)33-29(25-9-17-41(3)18-10-25)22-30(34(33)36(32)38)26-11-19-42(4)20-12-26/h5-22H,1-4H3/q+2. The third kappa shape index (κ3) is 4.30. The summed E-state index contributed by atoms with van der Waals surface area (Å²) < 4.78 is 4.08. The molecule has 0 fully saturated rings. The summed E-state index contributed by atoms with van der Waals surface area (Å²) in [5, 5.41) is 1.44. The summed E-state index contributed by atoms with van der Waals surface area (Å²) in [5.74, 6) is 0. The van der Waals surface area contributed by atoms with Gasteiger partial charge in [-0.2, -0.15) is 0 Å². The molecule has 206 valence electrons. The Kier molecular flexibility index (Phi) is 6.41. The van der Waals surface area contributed by atoms with Gasteiger partial charge in [0.1, 0.15) is 14.1 Å². The number of aryl methyl sites for hydroxylation is 2. The van der Waals surface area contributed by atoms with Gasteiger partial charge in [-0.25, -0.2) is 9.13 Å². The van der Waals surface area contributed by atoms with E-state index in [-0.39, 0.29) is 0 Å². The van der Waals surface area contributed by atoms with E-state index < -0.39 is 0 Å². The van der Waals surface area contributed by atoms with E-state index in [1.165, 1.54) is 0 Å². The van der Waals surface area contributed by atoms with Gasteiger partial charge in [0.15, 0.2) is 24.8 Å². The van der Waals surface area contributed by atoms with Crippen LogP contribution in [0.4, 0.5) is 0 Å². The minimum absolute atomic E-state index is 0.719. The second-order valence-electron chi connectivity index (χ2n) is 11.1. The van der Waals surface area contributed by atoms with Gasteiger partial charge in [0.05, 0.1) is 10.0 Å². The van der Waals surface area contributed by atoms with Crippen LogP contribution in [0.3, 0.4) is 0 Å². The zero-order chi connectivity index (χ0) is 29.1. The van der Waals surface area contributed by atoms with Gasteiger partial charge < -0.3 is 9.80 Å². The summed E-state index contributed by atoms with van der Waals surface area (Å²) in [6, 6.07) is 8.54. The maximum Gasteiger partial charge on any atom is 0.169 e. The van der Waals surface area contributed by atoms with Gasteiger partial charge in [-0.1, -0.05) is 23.2 Å². The minimum atomic E-state index is 0.719. The lowest BCUT2D eigenvalue weighted by Gasteiger charge is -2.20. The van der Waals surface area contributed by atoms with Gasteiger partial charge in [0, 0.05) is 85.4 Å². The van der Waals surface area contributed by atoms with Crippen molar-refractivity contribution in [3.63, 3.8) is 0 Å². The molecule has 0 atom stereocenters. The quantitative estimate of drug-likeness (QED) is 0.300. The molecule has 3 aromatic rings. The van der Waals surface area contributed by atoms with Crippen LogP contribution < -0.4 is 9.13 Å². The summed E-state index contributed by atoms with van der Waals surface area (Å²) in [6.45, 7) is 0. The van der Waals surface area contributed by atoms with E-state index in [0.29, 0.717) is 0 Å². The molecule has 6 heteroatoms. The number of nitrogens with zero attached hydrogens (tertiary/aromatic N) is 4. The first-order valence-corrected chi connectivity index (χ1v) is 14.6. The molecular formula is C36H30Cl2N4+2. The zero-order valence-corrected chi connectivity index (χ0v) is 25.4. The molecule has 0 spiro atoms. The summed E-state index contributed by atoms with van der Waals surface area (Å²) in [4.78, 5) is 4.08. The van der Waals surface area contributed by atoms with E-state index in [4.69, 9.17) is 23.2 Å². The molecule has 2 aromatic heterocycles. The largest absolute Gasteiger partial charge is 0.357 e. The van der Waals surface area contributed by atoms with Gasteiger partial charge in [0.25, 0.3) is 0 Å². The number of allylic oxidation sites excluding steroid dienone is 10. The summed E-state index contributed by atoms with van der Waals surface area (Å²) in [6.07, 6.45) is 29.6. The molecule has 1 aromatic carbocycles. The molecule has 0 saturated heterocycles. The lowest BCUT2D eigenvalue weighted by Crippen LogP contribution is -2.25. The lowest BCUT2D eigenvalue weighted by atomic mass is 9.89. The minimum Gasteiger partial charge on any atom is -0.357 e. The maximum absolute atomic E-state index is 7.59. The van der Waals surface area contributed by atoms with Crippen LogP contribution in [0.25, 0.3) is 22.3 Å². The molecule has 7 rings (SSSR count). The molecule has 0 unspecified atom stereocenters. The Balaban J connectivity index is 1.56. The van der Waals surface area contributed by atoms with E-state index >= 15 is 0 Å². The topological polar surface area (TPSA) is 14.2 Å². The number of halogens is 2. The van der Waals surface area contributed by atoms with Crippen molar-refractivity contribution < 1.29 is 9.13 Å². The number of pyridine rings is 2. The van der Waals surface area contributed by atoms with Crippen LogP contribution in [-0.4, -0.2) is 23.9 Å². The van der Waals surface area contributed by atoms with Crippen LogP contribution in [0.15, 0.2) is 121 Å². The van der Waals surface area contributed by atoms with E-state index in [9.17, 15) is 0 Å².